The predicted molar refractivity (Wildman–Crippen MR) is 88.2 cm³/mol. The van der Waals surface area contributed by atoms with Gasteiger partial charge in [0.25, 0.3) is 5.91 Å². The average molecular weight is 343 g/mol. The minimum atomic E-state index is -0.391. The first-order valence-corrected chi connectivity index (χ1v) is 8.49. The summed E-state index contributed by atoms with van der Waals surface area (Å²) in [5, 5.41) is 17.6. The summed E-state index contributed by atoms with van der Waals surface area (Å²) in [7, 11) is 1.70. The van der Waals surface area contributed by atoms with Gasteiger partial charge in [0.05, 0.1) is 17.7 Å². The first kappa shape index (κ1) is 16.2. The van der Waals surface area contributed by atoms with Crippen molar-refractivity contribution in [2.24, 2.45) is 0 Å². The van der Waals surface area contributed by atoms with E-state index in [2.05, 4.69) is 15.2 Å². The number of fused-ring (bicyclic) bond motifs is 1. The fraction of sp³-hybridized carbons (Fsp3) is 0.529. The lowest BCUT2D eigenvalue weighted by molar-refractivity contribution is -0.0824. The molecule has 132 valence electrons. The van der Waals surface area contributed by atoms with Crippen molar-refractivity contribution in [3.8, 4) is 5.82 Å². The Balaban J connectivity index is 1.62. The molecule has 8 nitrogen and oxygen atoms in total. The SMILES string of the molecule is CO[C@@]12CC[C@H](O)C[C@@H]1N(C(=O)c1cccc(-n3cnnc3)n1)CC2. The maximum Gasteiger partial charge on any atom is 0.272 e. The first-order chi connectivity index (χ1) is 12.1. The van der Waals surface area contributed by atoms with Crippen LogP contribution in [-0.4, -0.2) is 67.1 Å². The molecule has 0 bridgehead atoms. The van der Waals surface area contributed by atoms with Crippen LogP contribution < -0.4 is 0 Å². The zero-order chi connectivity index (χ0) is 17.4. The second kappa shape index (κ2) is 6.20. The van der Waals surface area contributed by atoms with Gasteiger partial charge in [-0.2, -0.15) is 0 Å². The Labute approximate surface area is 145 Å². The molecule has 2 fully saturated rings. The number of carbonyl (C=O) groups excluding carboxylic acids is 1. The lowest BCUT2D eigenvalue weighted by Gasteiger charge is -2.42. The van der Waals surface area contributed by atoms with Crippen LogP contribution in [0.3, 0.4) is 0 Å². The monoisotopic (exact) mass is 343 g/mol. The van der Waals surface area contributed by atoms with E-state index in [1.165, 1.54) is 0 Å². The zero-order valence-corrected chi connectivity index (χ0v) is 14.1. The molecular weight excluding hydrogens is 322 g/mol. The molecular formula is C17H21N5O3. The Bertz CT molecular complexity index is 765. The number of nitrogens with zero attached hydrogens (tertiary/aromatic N) is 5. The Kier molecular flexibility index (Phi) is 4.01. The fourth-order valence-electron chi connectivity index (χ4n) is 4.07. The van der Waals surface area contributed by atoms with Crippen LogP contribution in [0, 0.1) is 0 Å². The van der Waals surface area contributed by atoms with E-state index >= 15 is 0 Å². The molecule has 1 amide bonds. The smallest absolute Gasteiger partial charge is 0.272 e. The molecule has 0 radical (unpaired) electrons. The highest BCUT2D eigenvalue weighted by molar-refractivity contribution is 5.93. The number of aromatic nitrogens is 4. The number of likely N-dealkylation sites (tertiary alicyclic amines) is 1. The summed E-state index contributed by atoms with van der Waals surface area (Å²) >= 11 is 0. The molecule has 0 spiro atoms. The molecule has 1 aliphatic heterocycles. The van der Waals surface area contributed by atoms with Gasteiger partial charge in [0.15, 0.2) is 0 Å². The van der Waals surface area contributed by atoms with Crippen LogP contribution >= 0.6 is 0 Å². The van der Waals surface area contributed by atoms with E-state index in [-0.39, 0.29) is 17.6 Å². The van der Waals surface area contributed by atoms with Gasteiger partial charge in [-0.3, -0.25) is 9.36 Å². The highest BCUT2D eigenvalue weighted by Crippen LogP contribution is 2.42. The molecule has 1 saturated carbocycles. The zero-order valence-electron chi connectivity index (χ0n) is 14.1. The van der Waals surface area contributed by atoms with E-state index in [1.54, 1.807) is 42.5 Å². The van der Waals surface area contributed by atoms with E-state index in [0.717, 1.165) is 12.8 Å². The summed E-state index contributed by atoms with van der Waals surface area (Å²) in [5.41, 5.74) is 0.0268. The Morgan fingerprint density at radius 1 is 1.32 bits per heavy atom. The Hall–Kier alpha value is -2.32. The quantitative estimate of drug-likeness (QED) is 0.886. The summed E-state index contributed by atoms with van der Waals surface area (Å²) in [4.78, 5) is 19.3. The number of hydrogen-bond donors (Lipinski definition) is 1. The summed E-state index contributed by atoms with van der Waals surface area (Å²) < 4.78 is 7.46. The largest absolute Gasteiger partial charge is 0.393 e. The van der Waals surface area contributed by atoms with Crippen molar-refractivity contribution in [1.82, 2.24) is 24.6 Å². The molecule has 2 aromatic rings. The molecule has 0 aromatic carbocycles. The minimum absolute atomic E-state index is 0.117. The van der Waals surface area contributed by atoms with Crippen LogP contribution in [0.15, 0.2) is 30.9 Å². The topological polar surface area (TPSA) is 93.4 Å². The van der Waals surface area contributed by atoms with Gasteiger partial charge in [-0.05, 0) is 37.8 Å². The maximum absolute atomic E-state index is 13.1. The minimum Gasteiger partial charge on any atom is -0.393 e. The van der Waals surface area contributed by atoms with E-state index in [0.29, 0.717) is 30.9 Å². The van der Waals surface area contributed by atoms with Crippen molar-refractivity contribution in [2.45, 2.75) is 43.4 Å². The molecule has 8 heteroatoms. The maximum atomic E-state index is 13.1. The second-order valence-corrected chi connectivity index (χ2v) is 6.71. The molecule has 1 N–H and O–H groups in total. The highest BCUT2D eigenvalue weighted by Gasteiger charge is 2.52. The van der Waals surface area contributed by atoms with Gasteiger partial charge in [0.1, 0.15) is 24.2 Å². The summed E-state index contributed by atoms with van der Waals surface area (Å²) in [6, 6.07) is 5.19. The summed E-state index contributed by atoms with van der Waals surface area (Å²) in [5.74, 6) is 0.463. The van der Waals surface area contributed by atoms with Crippen molar-refractivity contribution < 1.29 is 14.6 Å². The molecule has 0 unspecified atom stereocenters. The molecule has 3 atom stereocenters. The highest BCUT2D eigenvalue weighted by atomic mass is 16.5. The molecule has 1 saturated heterocycles. The summed E-state index contributed by atoms with van der Waals surface area (Å²) in [6.07, 6.45) is 5.52. The van der Waals surface area contributed by atoms with E-state index < -0.39 is 6.10 Å². The molecule has 3 heterocycles. The number of hydrogen-bond acceptors (Lipinski definition) is 6. The number of rotatable bonds is 3. The van der Waals surface area contributed by atoms with Crippen molar-refractivity contribution in [3.05, 3.63) is 36.5 Å². The number of pyridine rings is 1. The van der Waals surface area contributed by atoms with Gasteiger partial charge < -0.3 is 14.7 Å². The lowest BCUT2D eigenvalue weighted by Crippen LogP contribution is -2.52. The average Bonchev–Trinajstić information content (AvgIpc) is 3.29. The van der Waals surface area contributed by atoms with Gasteiger partial charge >= 0.3 is 0 Å². The predicted octanol–water partition coefficient (Wildman–Crippen LogP) is 0.807. The van der Waals surface area contributed by atoms with Gasteiger partial charge in [-0.15, -0.1) is 10.2 Å². The van der Waals surface area contributed by atoms with Crippen molar-refractivity contribution in [3.63, 3.8) is 0 Å². The molecule has 25 heavy (non-hydrogen) atoms. The third-order valence-corrected chi connectivity index (χ3v) is 5.46. The standard InChI is InChI=1S/C17H21N5O3/c1-25-17-6-5-12(23)9-14(17)22(8-7-17)16(24)13-3-2-4-15(20-13)21-10-18-19-11-21/h2-4,10-12,14,23H,5-9H2,1H3/t12-,14-,17+/m0/s1. The van der Waals surface area contributed by atoms with Crippen LogP contribution in [0.5, 0.6) is 0 Å². The third-order valence-electron chi connectivity index (χ3n) is 5.46. The number of aliphatic hydroxyl groups is 1. The number of methoxy groups -OCH3 is 1. The van der Waals surface area contributed by atoms with E-state index in [1.807, 2.05) is 4.90 Å². The van der Waals surface area contributed by atoms with Gasteiger partial charge in [-0.1, -0.05) is 6.07 Å². The van der Waals surface area contributed by atoms with Crippen LogP contribution in [0.2, 0.25) is 0 Å². The lowest BCUT2D eigenvalue weighted by atomic mass is 9.79. The Morgan fingerprint density at radius 3 is 2.88 bits per heavy atom. The van der Waals surface area contributed by atoms with Gasteiger partial charge in [-0.25, -0.2) is 4.98 Å². The van der Waals surface area contributed by atoms with Gasteiger partial charge in [0.2, 0.25) is 0 Å². The normalized spacial score (nSPS) is 28.8. The molecule has 2 aliphatic rings. The van der Waals surface area contributed by atoms with Crippen molar-refractivity contribution >= 4 is 5.91 Å². The van der Waals surface area contributed by atoms with Gasteiger partial charge in [0, 0.05) is 13.7 Å². The summed E-state index contributed by atoms with van der Waals surface area (Å²) in [6.45, 7) is 0.614. The molecule has 1 aliphatic carbocycles. The Morgan fingerprint density at radius 2 is 2.12 bits per heavy atom. The van der Waals surface area contributed by atoms with Crippen LogP contribution in [-0.2, 0) is 4.74 Å². The number of amides is 1. The number of carbonyl (C=O) groups is 1. The van der Waals surface area contributed by atoms with Crippen LogP contribution in [0.25, 0.3) is 5.82 Å². The molecule has 2 aromatic heterocycles. The molecule has 4 rings (SSSR count). The van der Waals surface area contributed by atoms with Crippen molar-refractivity contribution in [2.75, 3.05) is 13.7 Å². The number of ether oxygens (including phenoxy) is 1. The van der Waals surface area contributed by atoms with Crippen molar-refractivity contribution in [1.29, 1.82) is 0 Å². The van der Waals surface area contributed by atoms with Crippen LogP contribution in [0.1, 0.15) is 36.2 Å². The second-order valence-electron chi connectivity index (χ2n) is 6.71. The van der Waals surface area contributed by atoms with E-state index in [9.17, 15) is 9.90 Å². The first-order valence-electron chi connectivity index (χ1n) is 8.49. The third kappa shape index (κ3) is 2.71. The van der Waals surface area contributed by atoms with Crippen LogP contribution in [0.4, 0.5) is 0 Å². The fourth-order valence-corrected chi connectivity index (χ4v) is 4.07. The number of aliphatic hydroxyl groups excluding tert-OH is 1. The van der Waals surface area contributed by atoms with E-state index in [4.69, 9.17) is 4.74 Å².